The Hall–Kier alpha value is -11.2. The van der Waals surface area contributed by atoms with Crippen LogP contribution < -0.4 is 30.4 Å². The zero-order chi connectivity index (χ0) is 68.9. The quantitative estimate of drug-likeness (QED) is 0.120. The number of fused-ring (bicyclic) bond motifs is 7. The Morgan fingerprint density at radius 3 is 1.44 bits per heavy atom. The van der Waals surface area contributed by atoms with E-state index in [1.807, 2.05) is 11.3 Å². The molecule has 0 N–H and O–H groups in total. The predicted octanol–water partition coefficient (Wildman–Crippen LogP) is 25.5. The normalized spacial score (nSPS) is 12.7. The molecule has 14 aromatic carbocycles. The van der Waals surface area contributed by atoms with Gasteiger partial charge in [0.1, 0.15) is 0 Å². The molecule has 5 heteroatoms. The summed E-state index contributed by atoms with van der Waals surface area (Å²) in [5.41, 5.74) is 30.2. The molecule has 17 rings (SSSR count). The molecule has 3 heterocycles. The Morgan fingerprint density at radius 1 is 0.297 bits per heavy atom. The van der Waals surface area contributed by atoms with Crippen LogP contribution in [0.3, 0.4) is 0 Å². The molecular formula is C96H80BN3S. The minimum atomic E-state index is -0.280. The highest BCUT2D eigenvalue weighted by molar-refractivity contribution is 7.33. The maximum absolute atomic E-state index is 2.75. The average Bonchev–Trinajstić information content (AvgIpc) is 1.67. The molecule has 0 atom stereocenters. The molecule has 0 saturated carbocycles. The topological polar surface area (TPSA) is 9.72 Å². The maximum atomic E-state index is 2.75. The Labute approximate surface area is 600 Å². The molecule has 0 radical (unpaired) electrons. The first-order valence-electron chi connectivity index (χ1n) is 35.6. The second-order valence-electron chi connectivity index (χ2n) is 30.5. The number of anilines is 9. The van der Waals surface area contributed by atoms with Gasteiger partial charge < -0.3 is 14.7 Å². The summed E-state index contributed by atoms with van der Waals surface area (Å²) in [7, 11) is 0. The lowest BCUT2D eigenvalue weighted by Gasteiger charge is -2.45. The Bertz CT molecular complexity index is 5660. The molecule has 15 aromatic rings. The summed E-state index contributed by atoms with van der Waals surface area (Å²) >= 11 is 1.98. The first-order chi connectivity index (χ1) is 49.0. The summed E-state index contributed by atoms with van der Waals surface area (Å²) in [6.45, 7) is 20.9. The molecule has 0 saturated heterocycles. The van der Waals surface area contributed by atoms with Crippen molar-refractivity contribution in [2.45, 2.75) is 78.6 Å². The van der Waals surface area contributed by atoms with Gasteiger partial charge in [0.25, 0.3) is 6.71 Å². The SMILES string of the molecule is CC(C)(C)c1ccc(N(c2ccc3c(c2)N(c2ccccc2)c2cc(C(C)(C)C)cc4c2B3c2sc3cc(C(C)(C)C)ccc3c2N4c2cc(-c3ccccc3-c3ccccc3)c(-c3cccc(-c4ccccc4)c3)cc2-c2ccccc2-c2ccccc2)c2ccc3ccccc3c2)cc1. The van der Waals surface area contributed by atoms with Crippen molar-refractivity contribution in [2.75, 3.05) is 14.7 Å². The molecule has 1 aromatic heterocycles. The van der Waals surface area contributed by atoms with E-state index in [0.717, 1.165) is 73.1 Å². The summed E-state index contributed by atoms with van der Waals surface area (Å²) in [5.74, 6) is 0. The minimum Gasteiger partial charge on any atom is -0.311 e. The van der Waals surface area contributed by atoms with Crippen LogP contribution in [0.5, 0.6) is 0 Å². The van der Waals surface area contributed by atoms with Gasteiger partial charge in [-0.1, -0.05) is 299 Å². The Kier molecular flexibility index (Phi) is 15.6. The third-order valence-electron chi connectivity index (χ3n) is 20.9. The second kappa shape index (κ2) is 24.9. The molecule has 0 amide bonds. The summed E-state index contributed by atoms with van der Waals surface area (Å²) in [4.78, 5) is 7.83. The standard InChI is InChI=1S/C96H80BN3S/c1-94(2,3)70-46-50-74(51-47-70)98(75-49-45-64-31-22-23-36-68(64)56-75)76-52-54-85-87(60-76)99(73-39-20-13-21-40-73)88-57-72(96(7,8)9)58-89-91(88)97(85)93-92(81-53-48-71(95(4,5)6)59-90(81)101-93)100(89)86-62-83(79-43-26-24-41-77(79)65-32-16-11-17-33-65)82(69-38-28-37-67(55-69)63-29-14-10-15-30-63)61-84(86)80-44-27-25-42-78(80)66-34-18-12-19-35-66/h10-62H,1-9H3. The zero-order valence-electron chi connectivity index (χ0n) is 58.9. The zero-order valence-corrected chi connectivity index (χ0v) is 59.7. The molecule has 101 heavy (non-hydrogen) atoms. The second-order valence-corrected chi connectivity index (χ2v) is 31.6. The average molecular weight is 1320 g/mol. The molecule has 0 spiro atoms. The highest BCUT2D eigenvalue weighted by Gasteiger charge is 2.47. The first kappa shape index (κ1) is 63.2. The highest BCUT2D eigenvalue weighted by Crippen LogP contribution is 2.56. The molecule has 2 aliphatic rings. The van der Waals surface area contributed by atoms with Gasteiger partial charge in [-0.05, 0) is 201 Å². The van der Waals surface area contributed by atoms with Gasteiger partial charge in [-0.2, -0.15) is 0 Å². The van der Waals surface area contributed by atoms with E-state index >= 15 is 0 Å². The Morgan fingerprint density at radius 2 is 0.802 bits per heavy atom. The highest BCUT2D eigenvalue weighted by atomic mass is 32.1. The van der Waals surface area contributed by atoms with Gasteiger partial charge >= 0.3 is 0 Å². The lowest BCUT2D eigenvalue weighted by Crippen LogP contribution is -2.60. The van der Waals surface area contributed by atoms with Crippen molar-refractivity contribution in [1.29, 1.82) is 0 Å². The molecule has 488 valence electrons. The van der Waals surface area contributed by atoms with Crippen molar-refractivity contribution in [3.05, 3.63) is 338 Å². The molecule has 0 fully saturated rings. The summed E-state index contributed by atoms with van der Waals surface area (Å²) in [5, 5.41) is 3.66. The first-order valence-corrected chi connectivity index (χ1v) is 36.4. The third-order valence-corrected chi connectivity index (χ3v) is 22.1. The van der Waals surface area contributed by atoms with Crippen LogP contribution in [-0.4, -0.2) is 6.71 Å². The van der Waals surface area contributed by atoms with Crippen molar-refractivity contribution >= 4 is 106 Å². The largest absolute Gasteiger partial charge is 0.311 e. The number of nitrogens with zero attached hydrogens (tertiary/aromatic N) is 3. The van der Waals surface area contributed by atoms with Gasteiger partial charge in [0, 0.05) is 60.2 Å². The van der Waals surface area contributed by atoms with Crippen LogP contribution in [0, 0.1) is 0 Å². The van der Waals surface area contributed by atoms with Gasteiger partial charge in [0.2, 0.25) is 0 Å². The monoisotopic (exact) mass is 1320 g/mol. The molecule has 0 bridgehead atoms. The van der Waals surface area contributed by atoms with Crippen LogP contribution in [0.1, 0.15) is 79.0 Å². The Balaban J connectivity index is 1.00. The smallest absolute Gasteiger partial charge is 0.264 e. The number of para-hydroxylation sites is 1. The summed E-state index contributed by atoms with van der Waals surface area (Å²) in [6, 6.07) is 121. The predicted molar refractivity (Wildman–Crippen MR) is 437 cm³/mol. The molecule has 0 unspecified atom stereocenters. The number of hydrogen-bond donors (Lipinski definition) is 0. The van der Waals surface area contributed by atoms with E-state index in [1.54, 1.807) is 0 Å². The van der Waals surface area contributed by atoms with Crippen LogP contribution in [0.15, 0.2) is 322 Å². The number of benzene rings is 14. The van der Waals surface area contributed by atoms with E-state index in [2.05, 4.69) is 399 Å². The van der Waals surface area contributed by atoms with E-state index in [0.29, 0.717) is 0 Å². The van der Waals surface area contributed by atoms with Crippen molar-refractivity contribution in [3.8, 4) is 66.8 Å². The summed E-state index contributed by atoms with van der Waals surface area (Å²) < 4.78 is 2.60. The van der Waals surface area contributed by atoms with Gasteiger partial charge in [-0.3, -0.25) is 0 Å². The third kappa shape index (κ3) is 11.3. The van der Waals surface area contributed by atoms with E-state index in [4.69, 9.17) is 0 Å². The molecule has 2 aliphatic heterocycles. The van der Waals surface area contributed by atoms with Crippen molar-refractivity contribution in [2.24, 2.45) is 0 Å². The number of hydrogen-bond acceptors (Lipinski definition) is 4. The fourth-order valence-electron chi connectivity index (χ4n) is 15.6. The van der Waals surface area contributed by atoms with Crippen molar-refractivity contribution in [3.63, 3.8) is 0 Å². The fraction of sp³-hybridized carbons (Fsp3) is 0.125. The number of rotatable bonds is 11. The molecular weight excluding hydrogens is 1240 g/mol. The van der Waals surface area contributed by atoms with Crippen LogP contribution in [0.25, 0.3) is 87.6 Å². The maximum Gasteiger partial charge on any atom is 0.264 e. The molecule has 0 aliphatic carbocycles. The van der Waals surface area contributed by atoms with E-state index in [-0.39, 0.29) is 23.0 Å². The van der Waals surface area contributed by atoms with Gasteiger partial charge in [-0.25, -0.2) is 0 Å². The van der Waals surface area contributed by atoms with E-state index < -0.39 is 0 Å². The minimum absolute atomic E-state index is 0.00901. The lowest BCUT2D eigenvalue weighted by molar-refractivity contribution is 0.590. The van der Waals surface area contributed by atoms with Crippen LogP contribution in [-0.2, 0) is 16.2 Å². The lowest BCUT2D eigenvalue weighted by atomic mass is 9.36. The van der Waals surface area contributed by atoms with Gasteiger partial charge in [-0.15, -0.1) is 11.3 Å². The van der Waals surface area contributed by atoms with Crippen molar-refractivity contribution in [1.82, 2.24) is 0 Å². The van der Waals surface area contributed by atoms with Gasteiger partial charge in [0.05, 0.1) is 11.4 Å². The molecule has 3 nitrogen and oxygen atoms in total. The van der Waals surface area contributed by atoms with Crippen LogP contribution in [0.4, 0.5) is 51.2 Å². The summed E-state index contributed by atoms with van der Waals surface area (Å²) in [6.07, 6.45) is 0. The fourth-order valence-corrected chi connectivity index (χ4v) is 17.0. The van der Waals surface area contributed by atoms with Gasteiger partial charge in [0.15, 0.2) is 0 Å². The number of thiophene rings is 1. The van der Waals surface area contributed by atoms with Crippen molar-refractivity contribution < 1.29 is 0 Å². The van der Waals surface area contributed by atoms with E-state index in [1.165, 1.54) is 98.1 Å². The van der Waals surface area contributed by atoms with Crippen LogP contribution >= 0.6 is 11.3 Å². The van der Waals surface area contributed by atoms with Crippen LogP contribution in [0.2, 0.25) is 0 Å². The van der Waals surface area contributed by atoms with E-state index in [9.17, 15) is 0 Å².